The molecule has 3 rings (SSSR count). The van der Waals surface area contributed by atoms with Crippen molar-refractivity contribution in [3.63, 3.8) is 0 Å². The molecule has 2 N–H and O–H groups in total. The van der Waals surface area contributed by atoms with Crippen LogP contribution < -0.4 is 10.6 Å². The van der Waals surface area contributed by atoms with Crippen LogP contribution in [-0.4, -0.2) is 21.9 Å². The van der Waals surface area contributed by atoms with E-state index < -0.39 is 0 Å². The maximum atomic E-state index is 12.1. The molecule has 1 heterocycles. The van der Waals surface area contributed by atoms with Crippen LogP contribution in [0.15, 0.2) is 0 Å². The van der Waals surface area contributed by atoms with Gasteiger partial charge in [0.2, 0.25) is 0 Å². The lowest BCUT2D eigenvalue weighted by molar-refractivity contribution is 0.237. The quantitative estimate of drug-likeness (QED) is 0.875. The molecular weight excluding hydrogens is 288 g/mol. The summed E-state index contributed by atoms with van der Waals surface area (Å²) in [6.45, 7) is 7.59. The van der Waals surface area contributed by atoms with E-state index in [1.54, 1.807) is 0 Å². The molecule has 0 spiro atoms. The summed E-state index contributed by atoms with van der Waals surface area (Å²) in [5.74, 6) is 1.58. The van der Waals surface area contributed by atoms with E-state index in [0.717, 1.165) is 35.3 Å². The third-order valence-corrected chi connectivity index (χ3v) is 5.67. The van der Waals surface area contributed by atoms with Gasteiger partial charge in [0.05, 0.1) is 5.69 Å². The van der Waals surface area contributed by atoms with Gasteiger partial charge in [-0.15, -0.1) is 0 Å². The maximum absolute atomic E-state index is 12.1. The highest BCUT2D eigenvalue weighted by molar-refractivity contribution is 5.74. The number of nitrogens with zero attached hydrogens (tertiary/aromatic N) is 2. The van der Waals surface area contributed by atoms with Gasteiger partial charge >= 0.3 is 6.03 Å². The highest BCUT2D eigenvalue weighted by Gasteiger charge is 2.43. The van der Waals surface area contributed by atoms with Crippen LogP contribution in [0.1, 0.15) is 62.4 Å². The van der Waals surface area contributed by atoms with Crippen molar-refractivity contribution >= 4 is 6.03 Å². The molecule has 5 nitrogen and oxygen atoms in total. The average molecular weight is 318 g/mol. The Morgan fingerprint density at radius 3 is 2.65 bits per heavy atom. The Morgan fingerprint density at radius 2 is 2.00 bits per heavy atom. The van der Waals surface area contributed by atoms with Crippen LogP contribution in [0.3, 0.4) is 0 Å². The third kappa shape index (κ3) is 3.70. The van der Waals surface area contributed by atoms with Crippen molar-refractivity contribution in [3.8, 4) is 0 Å². The number of urea groups is 1. The molecule has 23 heavy (non-hydrogen) atoms. The van der Waals surface area contributed by atoms with Crippen molar-refractivity contribution in [2.45, 2.75) is 78.4 Å². The molecule has 0 aromatic carbocycles. The first-order valence-corrected chi connectivity index (χ1v) is 9.17. The molecule has 2 amide bonds. The first kappa shape index (κ1) is 16.3. The number of hydrogen-bond donors (Lipinski definition) is 2. The summed E-state index contributed by atoms with van der Waals surface area (Å²) in [4.78, 5) is 12.1. The minimum Gasteiger partial charge on any atom is -0.335 e. The van der Waals surface area contributed by atoms with Gasteiger partial charge < -0.3 is 10.6 Å². The van der Waals surface area contributed by atoms with Crippen LogP contribution in [0.4, 0.5) is 4.79 Å². The van der Waals surface area contributed by atoms with Crippen LogP contribution in [0.25, 0.3) is 0 Å². The van der Waals surface area contributed by atoms with Crippen LogP contribution in [-0.2, 0) is 13.1 Å². The van der Waals surface area contributed by atoms with E-state index in [1.165, 1.54) is 38.5 Å². The first-order chi connectivity index (χ1) is 11.1. The molecule has 0 unspecified atom stereocenters. The van der Waals surface area contributed by atoms with Gasteiger partial charge in [0.25, 0.3) is 0 Å². The zero-order valence-corrected chi connectivity index (χ0v) is 14.7. The van der Waals surface area contributed by atoms with Gasteiger partial charge in [-0.05, 0) is 39.0 Å². The second-order valence-electron chi connectivity index (χ2n) is 7.20. The Morgan fingerprint density at radius 1 is 1.26 bits per heavy atom. The molecule has 2 fully saturated rings. The van der Waals surface area contributed by atoms with E-state index in [4.69, 9.17) is 0 Å². The predicted molar refractivity (Wildman–Crippen MR) is 91.2 cm³/mol. The summed E-state index contributed by atoms with van der Waals surface area (Å²) in [6.07, 6.45) is 8.04. The Kier molecular flexibility index (Phi) is 4.93. The van der Waals surface area contributed by atoms with Crippen LogP contribution in [0.2, 0.25) is 0 Å². The van der Waals surface area contributed by atoms with Crippen LogP contribution >= 0.6 is 0 Å². The number of hydrogen-bond acceptors (Lipinski definition) is 2. The zero-order chi connectivity index (χ0) is 16.4. The minimum atomic E-state index is -0.0312. The average Bonchev–Trinajstić information content (AvgIpc) is 3.26. The molecule has 2 saturated carbocycles. The van der Waals surface area contributed by atoms with E-state index in [0.29, 0.717) is 12.6 Å². The lowest BCUT2D eigenvalue weighted by Gasteiger charge is -2.21. The summed E-state index contributed by atoms with van der Waals surface area (Å²) in [5, 5.41) is 10.7. The summed E-state index contributed by atoms with van der Waals surface area (Å²) in [7, 11) is 0. The van der Waals surface area contributed by atoms with Gasteiger partial charge in [0.15, 0.2) is 0 Å². The van der Waals surface area contributed by atoms with E-state index in [1.807, 2.05) is 11.6 Å². The van der Waals surface area contributed by atoms with Crippen molar-refractivity contribution < 1.29 is 4.79 Å². The molecule has 2 aliphatic carbocycles. The van der Waals surface area contributed by atoms with Crippen LogP contribution in [0, 0.1) is 25.7 Å². The fraction of sp³-hybridized carbons (Fsp3) is 0.778. The highest BCUT2D eigenvalue weighted by atomic mass is 16.2. The number of nitrogens with one attached hydrogen (secondary N) is 2. The Hall–Kier alpha value is -1.52. The Labute approximate surface area is 139 Å². The Balaban J connectivity index is 1.45. The number of rotatable bonds is 5. The summed E-state index contributed by atoms with van der Waals surface area (Å²) in [5.41, 5.74) is 3.30. The molecule has 5 heteroatoms. The van der Waals surface area contributed by atoms with Crippen molar-refractivity contribution in [2.24, 2.45) is 11.8 Å². The molecule has 1 aromatic rings. The van der Waals surface area contributed by atoms with E-state index in [9.17, 15) is 4.79 Å². The van der Waals surface area contributed by atoms with Gasteiger partial charge in [-0.1, -0.05) is 32.1 Å². The number of amides is 2. The standard InChI is InChI=1S/C18H30N4O/c1-4-22-13(3)16(12(2)21-22)11-19-18(23)20-17-10-15(17)14-8-6-5-7-9-14/h14-15,17H,4-11H2,1-3H3,(H2,19,20,23)/t15-,17+/m0/s1. The van der Waals surface area contributed by atoms with Gasteiger partial charge in [0.1, 0.15) is 0 Å². The summed E-state index contributed by atoms with van der Waals surface area (Å²) < 4.78 is 1.99. The molecule has 2 aliphatic rings. The van der Waals surface area contributed by atoms with E-state index >= 15 is 0 Å². The number of carbonyl (C=O) groups is 1. The van der Waals surface area contributed by atoms with Crippen molar-refractivity contribution in [3.05, 3.63) is 17.0 Å². The summed E-state index contributed by atoms with van der Waals surface area (Å²) >= 11 is 0. The van der Waals surface area contributed by atoms with Crippen molar-refractivity contribution in [1.82, 2.24) is 20.4 Å². The second kappa shape index (κ2) is 6.93. The smallest absolute Gasteiger partial charge is 0.315 e. The molecule has 128 valence electrons. The number of aromatic nitrogens is 2. The van der Waals surface area contributed by atoms with E-state index in [2.05, 4.69) is 29.6 Å². The van der Waals surface area contributed by atoms with Gasteiger partial charge in [0, 0.05) is 30.4 Å². The minimum absolute atomic E-state index is 0.0312. The SMILES string of the molecule is CCn1nc(C)c(CNC(=O)N[C@@H]2C[C@H]2C2CCCCC2)c1C. The summed E-state index contributed by atoms with van der Waals surface area (Å²) in [6, 6.07) is 0.370. The second-order valence-corrected chi connectivity index (χ2v) is 7.20. The monoisotopic (exact) mass is 318 g/mol. The Bertz CT molecular complexity index is 560. The molecular formula is C18H30N4O. The lowest BCUT2D eigenvalue weighted by atomic mass is 9.85. The molecule has 0 saturated heterocycles. The fourth-order valence-corrected chi connectivity index (χ4v) is 4.15. The van der Waals surface area contributed by atoms with Crippen molar-refractivity contribution in [2.75, 3.05) is 0 Å². The first-order valence-electron chi connectivity index (χ1n) is 9.17. The van der Waals surface area contributed by atoms with Gasteiger partial charge in [-0.2, -0.15) is 5.10 Å². The molecule has 0 bridgehead atoms. The zero-order valence-electron chi connectivity index (χ0n) is 14.7. The van der Waals surface area contributed by atoms with Crippen molar-refractivity contribution in [1.29, 1.82) is 0 Å². The lowest BCUT2D eigenvalue weighted by Crippen LogP contribution is -2.37. The number of carbonyl (C=O) groups excluding carboxylic acids is 1. The topological polar surface area (TPSA) is 59.0 Å². The van der Waals surface area contributed by atoms with Gasteiger partial charge in [-0.25, -0.2) is 4.79 Å². The molecule has 2 atom stereocenters. The number of aryl methyl sites for hydroxylation is 2. The van der Waals surface area contributed by atoms with Gasteiger partial charge in [-0.3, -0.25) is 4.68 Å². The molecule has 1 aromatic heterocycles. The normalized spacial score (nSPS) is 24.5. The maximum Gasteiger partial charge on any atom is 0.315 e. The fourth-order valence-electron chi connectivity index (χ4n) is 4.15. The molecule has 0 aliphatic heterocycles. The highest BCUT2D eigenvalue weighted by Crippen LogP contribution is 2.44. The molecule has 0 radical (unpaired) electrons. The third-order valence-electron chi connectivity index (χ3n) is 5.67. The van der Waals surface area contributed by atoms with Crippen LogP contribution in [0.5, 0.6) is 0 Å². The largest absolute Gasteiger partial charge is 0.335 e. The van der Waals surface area contributed by atoms with E-state index in [-0.39, 0.29) is 6.03 Å². The predicted octanol–water partition coefficient (Wildman–Crippen LogP) is 3.29.